The highest BCUT2D eigenvalue weighted by Crippen LogP contribution is 2.25. The smallest absolute Gasteiger partial charge is 0.290 e. The van der Waals surface area contributed by atoms with Gasteiger partial charge in [0.25, 0.3) is 6.47 Å². The van der Waals surface area contributed by atoms with Gasteiger partial charge in [0, 0.05) is 0 Å². The van der Waals surface area contributed by atoms with Crippen molar-refractivity contribution in [3.63, 3.8) is 0 Å². The van der Waals surface area contributed by atoms with Crippen molar-refractivity contribution < 1.29 is 20.1 Å². The Morgan fingerprint density at radius 1 is 1.12 bits per heavy atom. The number of aromatic hydroxyl groups is 2. The van der Waals surface area contributed by atoms with Crippen molar-refractivity contribution in [1.29, 1.82) is 0 Å². The van der Waals surface area contributed by atoms with Crippen LogP contribution < -0.4 is 0 Å². The molecule has 0 amide bonds. The van der Waals surface area contributed by atoms with E-state index in [0.717, 1.165) is 5.56 Å². The Hall–Kier alpha value is -1.97. The molecule has 90 valence electrons. The summed E-state index contributed by atoms with van der Waals surface area (Å²) in [5.74, 6) is -0.168. The van der Waals surface area contributed by atoms with Gasteiger partial charge in [-0.3, -0.25) is 4.79 Å². The van der Waals surface area contributed by atoms with Crippen LogP contribution in [0, 0.1) is 0 Å². The summed E-state index contributed by atoms with van der Waals surface area (Å²) in [5, 5.41) is 24.9. The van der Waals surface area contributed by atoms with Gasteiger partial charge in [-0.15, -0.1) is 0 Å². The van der Waals surface area contributed by atoms with Crippen LogP contribution in [-0.4, -0.2) is 21.8 Å². The fourth-order valence-electron chi connectivity index (χ4n) is 0.837. The highest BCUT2D eigenvalue weighted by molar-refractivity contribution is 5.54. The first kappa shape index (κ1) is 16.5. The van der Waals surface area contributed by atoms with E-state index in [9.17, 15) is 0 Å². The molecule has 0 spiro atoms. The third-order valence-corrected chi connectivity index (χ3v) is 1.36. The average molecular weight is 226 g/mol. The van der Waals surface area contributed by atoms with Crippen LogP contribution in [0.15, 0.2) is 24.3 Å². The van der Waals surface area contributed by atoms with E-state index in [-0.39, 0.29) is 18.0 Å². The molecule has 0 aliphatic carbocycles. The van der Waals surface area contributed by atoms with E-state index in [4.69, 9.17) is 20.1 Å². The van der Waals surface area contributed by atoms with Gasteiger partial charge in [0.15, 0.2) is 11.5 Å². The van der Waals surface area contributed by atoms with Crippen LogP contribution in [0.25, 0.3) is 6.08 Å². The third-order valence-electron chi connectivity index (χ3n) is 1.36. The summed E-state index contributed by atoms with van der Waals surface area (Å²) in [6, 6.07) is 4.70. The lowest BCUT2D eigenvalue weighted by Gasteiger charge is -1.97. The van der Waals surface area contributed by atoms with Crippen LogP contribution in [-0.2, 0) is 4.79 Å². The van der Waals surface area contributed by atoms with Crippen LogP contribution in [0.2, 0.25) is 0 Å². The fraction of sp³-hybridized carbons (Fsp3) is 0.250. The molecule has 1 aromatic carbocycles. The minimum atomic E-state index is -0.250. The van der Waals surface area contributed by atoms with Crippen molar-refractivity contribution >= 4 is 12.5 Å². The lowest BCUT2D eigenvalue weighted by molar-refractivity contribution is -0.122. The lowest BCUT2D eigenvalue weighted by atomic mass is 10.2. The van der Waals surface area contributed by atoms with Crippen molar-refractivity contribution in [2.75, 3.05) is 0 Å². The molecule has 0 aromatic heterocycles. The zero-order valence-electron chi connectivity index (χ0n) is 9.71. The van der Waals surface area contributed by atoms with Crippen molar-refractivity contribution in [3.05, 3.63) is 29.8 Å². The number of hydrogen-bond donors (Lipinski definition) is 3. The normalized spacial score (nSPS) is 8.44. The van der Waals surface area contributed by atoms with Crippen LogP contribution in [0.3, 0.4) is 0 Å². The molecule has 1 rings (SSSR count). The molecule has 0 radical (unpaired) electrons. The molecule has 0 saturated heterocycles. The minimum Gasteiger partial charge on any atom is -0.504 e. The van der Waals surface area contributed by atoms with Crippen LogP contribution >= 0.6 is 0 Å². The van der Waals surface area contributed by atoms with Crippen molar-refractivity contribution in [2.24, 2.45) is 0 Å². The summed E-state index contributed by atoms with van der Waals surface area (Å²) in [4.78, 5) is 8.36. The minimum absolute atomic E-state index is 0.0828. The maximum Gasteiger partial charge on any atom is 0.290 e. The molecule has 0 unspecified atom stereocenters. The topological polar surface area (TPSA) is 77.8 Å². The highest BCUT2D eigenvalue weighted by atomic mass is 16.3. The van der Waals surface area contributed by atoms with E-state index in [2.05, 4.69) is 0 Å². The number of carboxylic acid groups (broad SMARTS) is 1. The second-order valence-corrected chi connectivity index (χ2v) is 2.35. The maximum atomic E-state index is 9.04. The second kappa shape index (κ2) is 11.1. The van der Waals surface area contributed by atoms with Crippen molar-refractivity contribution in [2.45, 2.75) is 20.8 Å². The molecule has 0 atom stereocenters. The van der Waals surface area contributed by atoms with Crippen LogP contribution in [0.4, 0.5) is 0 Å². The molecule has 4 heteroatoms. The molecule has 0 aliphatic heterocycles. The molecule has 0 heterocycles. The maximum absolute atomic E-state index is 9.04. The second-order valence-electron chi connectivity index (χ2n) is 2.35. The average Bonchev–Trinajstić information content (AvgIpc) is 2.28. The number of phenols is 2. The molecule has 1 aromatic rings. The van der Waals surface area contributed by atoms with E-state index >= 15 is 0 Å². The monoisotopic (exact) mass is 226 g/mol. The predicted octanol–water partition coefficient (Wildman–Crippen LogP) is 2.86. The van der Waals surface area contributed by atoms with Crippen molar-refractivity contribution in [1.82, 2.24) is 0 Å². The van der Waals surface area contributed by atoms with E-state index in [1.807, 2.05) is 32.9 Å². The van der Waals surface area contributed by atoms with Gasteiger partial charge in [-0.2, -0.15) is 0 Å². The Balaban J connectivity index is 0. The number of rotatable bonds is 1. The van der Waals surface area contributed by atoms with E-state index in [1.54, 1.807) is 6.07 Å². The predicted molar refractivity (Wildman–Crippen MR) is 64.5 cm³/mol. The Morgan fingerprint density at radius 3 is 2.00 bits per heavy atom. The highest BCUT2D eigenvalue weighted by Gasteiger charge is 1.96. The standard InChI is InChI=1S/C9H10O2.C2H6.CH2O2/c1-2-3-7-4-5-8(10)9(11)6-7;1-2;2-1-3/h2-6,10-11H,1H3;1-2H3;1H,(H,2,3)/b3-2+;;. The largest absolute Gasteiger partial charge is 0.504 e. The lowest BCUT2D eigenvalue weighted by Crippen LogP contribution is -1.72. The van der Waals surface area contributed by atoms with E-state index in [1.165, 1.54) is 12.1 Å². The molecule has 0 fully saturated rings. The molecular weight excluding hydrogens is 208 g/mol. The zero-order chi connectivity index (χ0) is 13.0. The van der Waals surface area contributed by atoms with Crippen LogP contribution in [0.5, 0.6) is 11.5 Å². The number of hydrogen-bond acceptors (Lipinski definition) is 3. The number of phenolic OH excluding ortho intramolecular Hbond substituents is 2. The Bertz CT molecular complexity index is 319. The number of allylic oxidation sites excluding steroid dienone is 1. The molecule has 0 aliphatic rings. The first-order chi connectivity index (χ1) is 7.65. The Labute approximate surface area is 95.5 Å². The van der Waals surface area contributed by atoms with Crippen molar-refractivity contribution in [3.8, 4) is 11.5 Å². The van der Waals surface area contributed by atoms with E-state index in [0.29, 0.717) is 0 Å². The van der Waals surface area contributed by atoms with Crippen LogP contribution in [0.1, 0.15) is 26.3 Å². The van der Waals surface area contributed by atoms with Gasteiger partial charge in [0.1, 0.15) is 0 Å². The quantitative estimate of drug-likeness (QED) is 0.508. The fourth-order valence-corrected chi connectivity index (χ4v) is 0.837. The van der Waals surface area contributed by atoms with E-state index < -0.39 is 0 Å². The first-order valence-corrected chi connectivity index (χ1v) is 4.88. The summed E-state index contributed by atoms with van der Waals surface area (Å²) in [6.45, 7) is 5.64. The molecule has 4 nitrogen and oxygen atoms in total. The van der Waals surface area contributed by atoms with Gasteiger partial charge in [-0.1, -0.05) is 32.1 Å². The molecule has 3 N–H and O–H groups in total. The zero-order valence-corrected chi connectivity index (χ0v) is 9.71. The molecular formula is C12H18O4. The summed E-state index contributed by atoms with van der Waals surface area (Å²) in [7, 11) is 0. The van der Waals surface area contributed by atoms with Gasteiger partial charge in [-0.05, 0) is 24.6 Å². The summed E-state index contributed by atoms with van der Waals surface area (Å²) >= 11 is 0. The molecule has 16 heavy (non-hydrogen) atoms. The van der Waals surface area contributed by atoms with Gasteiger partial charge >= 0.3 is 0 Å². The summed E-state index contributed by atoms with van der Waals surface area (Å²) in [6.07, 6.45) is 3.71. The number of benzene rings is 1. The summed E-state index contributed by atoms with van der Waals surface area (Å²) in [5.41, 5.74) is 0.878. The Morgan fingerprint density at radius 2 is 1.62 bits per heavy atom. The van der Waals surface area contributed by atoms with Gasteiger partial charge < -0.3 is 15.3 Å². The first-order valence-electron chi connectivity index (χ1n) is 4.88. The number of carbonyl (C=O) groups is 1. The SMILES string of the molecule is C/C=C/c1ccc(O)c(O)c1.CC.O=CO. The molecule has 0 bridgehead atoms. The van der Waals surface area contributed by atoms with Gasteiger partial charge in [0.05, 0.1) is 0 Å². The third kappa shape index (κ3) is 7.44. The molecule has 0 saturated carbocycles. The summed E-state index contributed by atoms with van der Waals surface area (Å²) < 4.78 is 0. The van der Waals surface area contributed by atoms with Gasteiger partial charge in [0.2, 0.25) is 0 Å². The van der Waals surface area contributed by atoms with Gasteiger partial charge in [-0.25, -0.2) is 0 Å². The Kier molecular flexibility index (Phi) is 11.4.